The van der Waals surface area contributed by atoms with Gasteiger partial charge >= 0.3 is 12.1 Å². The summed E-state index contributed by atoms with van der Waals surface area (Å²) in [7, 11) is 0. The molecule has 1 aliphatic rings. The highest BCUT2D eigenvalue weighted by molar-refractivity contribution is 5.89. The highest BCUT2D eigenvalue weighted by Crippen LogP contribution is 2.34. The van der Waals surface area contributed by atoms with E-state index in [2.05, 4.69) is 0 Å². The van der Waals surface area contributed by atoms with Gasteiger partial charge in [-0.25, -0.2) is 4.79 Å². The third kappa shape index (κ3) is 3.98. The number of esters is 1. The molecular weight excluding hydrogens is 297 g/mol. The molecule has 0 aliphatic heterocycles. The van der Waals surface area contributed by atoms with Crippen molar-refractivity contribution in [1.82, 2.24) is 0 Å². The molecule has 1 aromatic carbocycles. The molecule has 0 bridgehead atoms. The van der Waals surface area contributed by atoms with Crippen LogP contribution in [0, 0.1) is 0 Å². The quantitative estimate of drug-likeness (QED) is 0.867. The zero-order chi connectivity index (χ0) is 16.2. The number of aliphatic hydroxyl groups excluding tert-OH is 1. The van der Waals surface area contributed by atoms with Crippen LogP contribution in [-0.4, -0.2) is 30.5 Å². The first-order valence-corrected chi connectivity index (χ1v) is 6.75. The highest BCUT2D eigenvalue weighted by Gasteiger charge is 2.33. The fraction of sp³-hybridized carbons (Fsp3) is 0.312. The van der Waals surface area contributed by atoms with Gasteiger partial charge in [0.2, 0.25) is 0 Å². The Bertz CT molecular complexity index is 586. The van der Waals surface area contributed by atoms with Crippen LogP contribution in [0.1, 0.15) is 28.3 Å². The van der Waals surface area contributed by atoms with E-state index < -0.39 is 17.7 Å². The van der Waals surface area contributed by atoms with E-state index in [4.69, 9.17) is 9.84 Å². The third-order valence-corrected chi connectivity index (χ3v) is 3.33. The molecule has 0 saturated heterocycles. The summed E-state index contributed by atoms with van der Waals surface area (Å²) in [4.78, 5) is 11.6. The first-order valence-electron chi connectivity index (χ1n) is 6.75. The van der Waals surface area contributed by atoms with Gasteiger partial charge in [0.1, 0.15) is 6.61 Å². The number of benzene rings is 1. The molecule has 118 valence electrons. The predicted molar refractivity (Wildman–Crippen MR) is 74.4 cm³/mol. The van der Waals surface area contributed by atoms with Crippen LogP contribution in [-0.2, 0) is 4.74 Å². The van der Waals surface area contributed by atoms with Crippen molar-refractivity contribution < 1.29 is 27.8 Å². The second-order valence-electron chi connectivity index (χ2n) is 4.84. The number of aliphatic hydroxyl groups is 1. The Morgan fingerprint density at radius 2 is 1.95 bits per heavy atom. The molecule has 0 radical (unpaired) electrons. The van der Waals surface area contributed by atoms with E-state index in [1.807, 2.05) is 0 Å². The summed E-state index contributed by atoms with van der Waals surface area (Å²) in [6.07, 6.45) is -0.283. The number of halogens is 3. The second-order valence-corrected chi connectivity index (χ2v) is 4.84. The number of alkyl halides is 3. The Morgan fingerprint density at radius 1 is 1.27 bits per heavy atom. The maximum atomic E-state index is 12.5. The Morgan fingerprint density at radius 3 is 2.45 bits per heavy atom. The molecule has 0 aromatic heterocycles. The molecular formula is C16H15F3O3. The fourth-order valence-electron chi connectivity index (χ4n) is 2.17. The Kier molecular flexibility index (Phi) is 5.03. The minimum atomic E-state index is -4.32. The van der Waals surface area contributed by atoms with Crippen LogP contribution < -0.4 is 0 Å². The lowest BCUT2D eigenvalue weighted by atomic mass is 9.89. The molecule has 1 unspecified atom stereocenters. The molecule has 1 aliphatic carbocycles. The molecule has 0 spiro atoms. The predicted octanol–water partition coefficient (Wildman–Crippen LogP) is 3.37. The summed E-state index contributed by atoms with van der Waals surface area (Å²) in [5.41, 5.74) is 0.531. The van der Waals surface area contributed by atoms with E-state index in [1.165, 1.54) is 12.2 Å². The first kappa shape index (κ1) is 16.3. The number of ether oxygens (including phenoxy) is 1. The maximum Gasteiger partial charge on any atom is 0.416 e. The molecule has 6 heteroatoms. The number of rotatable bonds is 4. The number of hydrogen-bond donors (Lipinski definition) is 1. The van der Waals surface area contributed by atoms with Crippen molar-refractivity contribution >= 4 is 5.97 Å². The van der Waals surface area contributed by atoms with Gasteiger partial charge in [-0.15, -0.1) is 0 Å². The van der Waals surface area contributed by atoms with Crippen LogP contribution in [0.2, 0.25) is 0 Å². The van der Waals surface area contributed by atoms with Gasteiger partial charge in [0, 0.05) is 5.92 Å². The molecule has 0 heterocycles. The Labute approximate surface area is 125 Å². The number of allylic oxidation sites excluding steroid dienone is 4. The minimum absolute atomic E-state index is 0.0725. The SMILES string of the molecule is O=C(OCCO)c1ccc(C2C=CC(C(F)(F)F)=CC2)cc1. The molecule has 0 fully saturated rings. The Hall–Kier alpha value is -2.08. The molecule has 22 heavy (non-hydrogen) atoms. The molecule has 1 N–H and O–H groups in total. The number of carbonyl (C=O) groups is 1. The van der Waals surface area contributed by atoms with Crippen molar-refractivity contribution in [3.8, 4) is 0 Å². The van der Waals surface area contributed by atoms with Gasteiger partial charge in [-0.2, -0.15) is 13.2 Å². The van der Waals surface area contributed by atoms with E-state index in [-0.39, 0.29) is 25.6 Å². The average Bonchev–Trinajstić information content (AvgIpc) is 2.52. The smallest absolute Gasteiger partial charge is 0.416 e. The standard InChI is InChI=1S/C16H15F3O3/c17-16(18,19)14-7-5-12(6-8-14)11-1-3-13(4-2-11)15(21)22-10-9-20/h1-5,7-8,12,20H,6,9-10H2. The minimum Gasteiger partial charge on any atom is -0.460 e. The normalized spacial score (nSPS) is 18.0. The number of hydrogen-bond acceptors (Lipinski definition) is 3. The van der Waals surface area contributed by atoms with Crippen molar-refractivity contribution in [3.63, 3.8) is 0 Å². The topological polar surface area (TPSA) is 46.5 Å². The van der Waals surface area contributed by atoms with Gasteiger partial charge < -0.3 is 9.84 Å². The average molecular weight is 312 g/mol. The molecule has 3 nitrogen and oxygen atoms in total. The molecule has 2 rings (SSSR count). The van der Waals surface area contributed by atoms with Crippen LogP contribution in [0.4, 0.5) is 13.2 Å². The summed E-state index contributed by atoms with van der Waals surface area (Å²) in [5.74, 6) is -0.687. The molecule has 0 amide bonds. The van der Waals surface area contributed by atoms with Crippen molar-refractivity contribution in [3.05, 3.63) is 59.2 Å². The lowest BCUT2D eigenvalue weighted by molar-refractivity contribution is -0.0886. The maximum absolute atomic E-state index is 12.5. The zero-order valence-electron chi connectivity index (χ0n) is 11.6. The van der Waals surface area contributed by atoms with Crippen LogP contribution in [0.25, 0.3) is 0 Å². The van der Waals surface area contributed by atoms with E-state index in [0.717, 1.165) is 11.6 Å². The molecule has 1 atom stereocenters. The zero-order valence-corrected chi connectivity index (χ0v) is 11.6. The highest BCUT2D eigenvalue weighted by atomic mass is 19.4. The summed E-state index contributed by atoms with van der Waals surface area (Å²) in [6, 6.07) is 6.51. The lowest BCUT2D eigenvalue weighted by Gasteiger charge is -2.18. The van der Waals surface area contributed by atoms with Gasteiger partial charge in [-0.1, -0.05) is 30.4 Å². The van der Waals surface area contributed by atoms with Crippen LogP contribution in [0.3, 0.4) is 0 Å². The summed E-state index contributed by atoms with van der Waals surface area (Å²) in [6.45, 7) is -0.318. The van der Waals surface area contributed by atoms with Gasteiger partial charge in [-0.3, -0.25) is 0 Å². The third-order valence-electron chi connectivity index (χ3n) is 3.33. The van der Waals surface area contributed by atoms with Crippen molar-refractivity contribution in [2.75, 3.05) is 13.2 Å². The van der Waals surface area contributed by atoms with Gasteiger partial charge in [0.15, 0.2) is 0 Å². The summed E-state index contributed by atoms with van der Waals surface area (Å²) < 4.78 is 42.4. The monoisotopic (exact) mass is 312 g/mol. The van der Waals surface area contributed by atoms with Gasteiger partial charge in [-0.05, 0) is 24.1 Å². The lowest BCUT2D eigenvalue weighted by Crippen LogP contribution is -2.13. The van der Waals surface area contributed by atoms with Crippen LogP contribution in [0.15, 0.2) is 48.1 Å². The second kappa shape index (κ2) is 6.79. The van der Waals surface area contributed by atoms with Gasteiger partial charge in [0.25, 0.3) is 0 Å². The molecule has 0 saturated carbocycles. The fourth-order valence-corrected chi connectivity index (χ4v) is 2.17. The molecule has 1 aromatic rings. The van der Waals surface area contributed by atoms with Crippen molar-refractivity contribution in [2.45, 2.75) is 18.5 Å². The van der Waals surface area contributed by atoms with Crippen molar-refractivity contribution in [1.29, 1.82) is 0 Å². The van der Waals surface area contributed by atoms with E-state index >= 15 is 0 Å². The van der Waals surface area contributed by atoms with E-state index in [0.29, 0.717) is 5.56 Å². The number of carbonyl (C=O) groups excluding carboxylic acids is 1. The van der Waals surface area contributed by atoms with Crippen LogP contribution >= 0.6 is 0 Å². The largest absolute Gasteiger partial charge is 0.460 e. The van der Waals surface area contributed by atoms with E-state index in [1.54, 1.807) is 24.3 Å². The van der Waals surface area contributed by atoms with E-state index in [9.17, 15) is 18.0 Å². The summed E-state index contributed by atoms with van der Waals surface area (Å²) in [5, 5.41) is 8.58. The Balaban J connectivity index is 2.02. The first-order chi connectivity index (χ1) is 10.4. The van der Waals surface area contributed by atoms with Crippen molar-refractivity contribution in [2.24, 2.45) is 0 Å². The van der Waals surface area contributed by atoms with Crippen LogP contribution in [0.5, 0.6) is 0 Å². The summed E-state index contributed by atoms with van der Waals surface area (Å²) >= 11 is 0. The van der Waals surface area contributed by atoms with Gasteiger partial charge in [0.05, 0.1) is 17.7 Å².